The quantitative estimate of drug-likeness (QED) is 0.903. The van der Waals surface area contributed by atoms with Gasteiger partial charge in [0.2, 0.25) is 0 Å². The summed E-state index contributed by atoms with van der Waals surface area (Å²) in [4.78, 5) is 16.3. The summed E-state index contributed by atoms with van der Waals surface area (Å²) in [5, 5.41) is 3.55. The van der Waals surface area contributed by atoms with Gasteiger partial charge in [-0.2, -0.15) is 0 Å². The normalized spacial score (nSPS) is 17.9. The Morgan fingerprint density at radius 2 is 2.10 bits per heavy atom. The van der Waals surface area contributed by atoms with Crippen molar-refractivity contribution in [3.05, 3.63) is 28.7 Å². The molecule has 1 saturated heterocycles. The van der Waals surface area contributed by atoms with Gasteiger partial charge in [-0.25, -0.2) is 4.79 Å². The fourth-order valence-electron chi connectivity index (χ4n) is 2.84. The lowest BCUT2D eigenvalue weighted by molar-refractivity contribution is 0.177. The van der Waals surface area contributed by atoms with Crippen LogP contribution in [-0.4, -0.2) is 35.1 Å². The maximum atomic E-state index is 11.1. The zero-order chi connectivity index (χ0) is 14.1. The van der Waals surface area contributed by atoms with Crippen molar-refractivity contribution in [2.45, 2.75) is 38.8 Å². The maximum absolute atomic E-state index is 11.1. The highest BCUT2D eigenvalue weighted by Gasteiger charge is 2.20. The smallest absolute Gasteiger partial charge is 0.408 e. The van der Waals surface area contributed by atoms with Gasteiger partial charge in [0.15, 0.2) is 5.58 Å². The summed E-state index contributed by atoms with van der Waals surface area (Å²) < 4.78 is 5.01. The number of aromatic nitrogens is 1. The third kappa shape index (κ3) is 2.72. The zero-order valence-electron chi connectivity index (χ0n) is 12.0. The molecule has 0 amide bonds. The van der Waals surface area contributed by atoms with Gasteiger partial charge >= 0.3 is 5.76 Å². The van der Waals surface area contributed by atoms with E-state index in [1.54, 1.807) is 0 Å². The highest BCUT2D eigenvalue weighted by Crippen LogP contribution is 2.21. The molecule has 3 rings (SSSR count). The summed E-state index contributed by atoms with van der Waals surface area (Å²) >= 11 is 0. The first kappa shape index (κ1) is 13.2. The lowest BCUT2D eigenvalue weighted by Crippen LogP contribution is -2.42. The number of nitrogens with one attached hydrogen (secondary N) is 2. The molecule has 0 unspecified atom stereocenters. The molecule has 1 aliphatic rings. The van der Waals surface area contributed by atoms with Crippen LogP contribution in [0.3, 0.4) is 0 Å². The van der Waals surface area contributed by atoms with Gasteiger partial charge < -0.3 is 14.6 Å². The maximum Gasteiger partial charge on any atom is 0.417 e. The number of likely N-dealkylation sites (tertiary alicyclic amines) is 1. The molecule has 1 fully saturated rings. The van der Waals surface area contributed by atoms with E-state index in [9.17, 15) is 4.79 Å². The Bertz CT molecular complexity index is 636. The Balaban J connectivity index is 1.66. The third-order valence-electron chi connectivity index (χ3n) is 4.05. The van der Waals surface area contributed by atoms with E-state index in [4.69, 9.17) is 4.42 Å². The predicted octanol–water partition coefficient (Wildman–Crippen LogP) is 2.41. The summed E-state index contributed by atoms with van der Waals surface area (Å²) in [5.41, 5.74) is 2.40. The van der Waals surface area contributed by atoms with Crippen LogP contribution < -0.4 is 11.1 Å². The van der Waals surface area contributed by atoms with Gasteiger partial charge in [-0.15, -0.1) is 0 Å². The molecule has 0 saturated carbocycles. The second-order valence-corrected chi connectivity index (χ2v) is 5.77. The second kappa shape index (κ2) is 5.32. The van der Waals surface area contributed by atoms with Gasteiger partial charge in [0.05, 0.1) is 5.52 Å². The largest absolute Gasteiger partial charge is 0.417 e. The van der Waals surface area contributed by atoms with Crippen molar-refractivity contribution in [1.29, 1.82) is 0 Å². The van der Waals surface area contributed by atoms with Crippen molar-refractivity contribution < 1.29 is 4.42 Å². The van der Waals surface area contributed by atoms with Crippen LogP contribution in [0, 0.1) is 0 Å². The van der Waals surface area contributed by atoms with Gasteiger partial charge in [0.1, 0.15) is 0 Å². The van der Waals surface area contributed by atoms with E-state index in [1.165, 1.54) is 0 Å². The van der Waals surface area contributed by atoms with E-state index in [0.29, 0.717) is 17.7 Å². The van der Waals surface area contributed by atoms with Crippen LogP contribution in [-0.2, 0) is 0 Å². The molecule has 1 aromatic carbocycles. The Kier molecular flexibility index (Phi) is 3.53. The molecule has 0 radical (unpaired) electrons. The summed E-state index contributed by atoms with van der Waals surface area (Å²) in [6.07, 6.45) is 2.30. The Hall–Kier alpha value is -1.75. The minimum Gasteiger partial charge on any atom is -0.408 e. The number of benzene rings is 1. The standard InChI is InChI=1S/C15H21N3O2/c1-10(2)18-7-5-11(6-8-18)16-12-3-4-14-13(9-12)17-15(19)20-14/h3-4,9-11,16H,5-8H2,1-2H3,(H,17,19). The van der Waals surface area contributed by atoms with E-state index in [1.807, 2.05) is 18.2 Å². The van der Waals surface area contributed by atoms with Crippen LogP contribution in [0.4, 0.5) is 5.69 Å². The van der Waals surface area contributed by atoms with Gasteiger partial charge in [0.25, 0.3) is 0 Å². The molecule has 0 atom stereocenters. The molecular weight excluding hydrogens is 254 g/mol. The number of piperidine rings is 1. The summed E-state index contributed by atoms with van der Waals surface area (Å²) in [7, 11) is 0. The van der Waals surface area contributed by atoms with Crippen molar-refractivity contribution >= 4 is 16.8 Å². The first-order chi connectivity index (χ1) is 9.61. The molecule has 0 bridgehead atoms. The monoisotopic (exact) mass is 275 g/mol. The lowest BCUT2D eigenvalue weighted by atomic mass is 10.0. The Morgan fingerprint density at radius 3 is 2.80 bits per heavy atom. The average molecular weight is 275 g/mol. The molecule has 1 aliphatic heterocycles. The molecule has 2 aromatic rings. The van der Waals surface area contributed by atoms with Gasteiger partial charge in [-0.1, -0.05) is 0 Å². The number of aromatic amines is 1. The summed E-state index contributed by atoms with van der Waals surface area (Å²) in [6, 6.07) is 6.87. The zero-order valence-corrected chi connectivity index (χ0v) is 12.0. The van der Waals surface area contributed by atoms with Gasteiger partial charge in [-0.05, 0) is 44.9 Å². The molecule has 2 N–H and O–H groups in total. The molecule has 0 aliphatic carbocycles. The minimum atomic E-state index is -0.401. The van der Waals surface area contributed by atoms with Crippen LogP contribution in [0.5, 0.6) is 0 Å². The first-order valence-corrected chi connectivity index (χ1v) is 7.25. The number of fused-ring (bicyclic) bond motifs is 1. The molecule has 1 aromatic heterocycles. The van der Waals surface area contributed by atoms with Crippen molar-refractivity contribution in [3.8, 4) is 0 Å². The van der Waals surface area contributed by atoms with Crippen molar-refractivity contribution in [2.75, 3.05) is 18.4 Å². The summed E-state index contributed by atoms with van der Waals surface area (Å²) in [5.74, 6) is -0.401. The second-order valence-electron chi connectivity index (χ2n) is 5.77. The van der Waals surface area contributed by atoms with Crippen LogP contribution in [0.1, 0.15) is 26.7 Å². The van der Waals surface area contributed by atoms with Gasteiger partial charge in [0, 0.05) is 30.9 Å². The number of H-pyrrole nitrogens is 1. The van der Waals surface area contributed by atoms with E-state index >= 15 is 0 Å². The van der Waals surface area contributed by atoms with E-state index in [-0.39, 0.29) is 0 Å². The lowest BCUT2D eigenvalue weighted by Gasteiger charge is -2.35. The predicted molar refractivity (Wildman–Crippen MR) is 80.2 cm³/mol. The van der Waals surface area contributed by atoms with Crippen LogP contribution in [0.25, 0.3) is 11.1 Å². The van der Waals surface area contributed by atoms with Crippen molar-refractivity contribution in [1.82, 2.24) is 9.88 Å². The number of rotatable bonds is 3. The number of anilines is 1. The van der Waals surface area contributed by atoms with Crippen LogP contribution in [0.15, 0.2) is 27.4 Å². The average Bonchev–Trinajstić information content (AvgIpc) is 2.78. The van der Waals surface area contributed by atoms with Crippen LogP contribution >= 0.6 is 0 Å². The summed E-state index contributed by atoms with van der Waals surface area (Å²) in [6.45, 7) is 6.77. The molecule has 0 spiro atoms. The molecule has 108 valence electrons. The molecular formula is C15H21N3O2. The number of hydrogen-bond donors (Lipinski definition) is 2. The molecule has 5 nitrogen and oxygen atoms in total. The fraction of sp³-hybridized carbons (Fsp3) is 0.533. The highest BCUT2D eigenvalue weighted by molar-refractivity contribution is 5.76. The highest BCUT2D eigenvalue weighted by atomic mass is 16.4. The number of hydrogen-bond acceptors (Lipinski definition) is 4. The molecule has 2 heterocycles. The SMILES string of the molecule is CC(C)N1CCC(Nc2ccc3oc(=O)[nH]c3c2)CC1. The topological polar surface area (TPSA) is 61.3 Å². The first-order valence-electron chi connectivity index (χ1n) is 7.25. The van der Waals surface area contributed by atoms with E-state index in [0.717, 1.165) is 37.1 Å². The van der Waals surface area contributed by atoms with E-state index in [2.05, 4.69) is 29.0 Å². The van der Waals surface area contributed by atoms with Crippen molar-refractivity contribution in [3.63, 3.8) is 0 Å². The third-order valence-corrected chi connectivity index (χ3v) is 4.05. The van der Waals surface area contributed by atoms with Gasteiger partial charge in [-0.3, -0.25) is 4.98 Å². The number of oxazole rings is 1. The molecule has 5 heteroatoms. The fourth-order valence-corrected chi connectivity index (χ4v) is 2.84. The number of nitrogens with zero attached hydrogens (tertiary/aromatic N) is 1. The van der Waals surface area contributed by atoms with Crippen LogP contribution in [0.2, 0.25) is 0 Å². The molecule has 20 heavy (non-hydrogen) atoms. The Labute approximate surface area is 118 Å². The van der Waals surface area contributed by atoms with E-state index < -0.39 is 5.76 Å². The minimum absolute atomic E-state index is 0.401. The Morgan fingerprint density at radius 1 is 1.35 bits per heavy atom. The van der Waals surface area contributed by atoms with Crippen molar-refractivity contribution in [2.24, 2.45) is 0 Å².